The van der Waals surface area contributed by atoms with Crippen molar-refractivity contribution in [3.8, 4) is 11.5 Å². The van der Waals surface area contributed by atoms with Gasteiger partial charge >= 0.3 is 0 Å². The van der Waals surface area contributed by atoms with Crippen LogP contribution in [0.4, 0.5) is 11.4 Å². The SMILES string of the molecule is CCCCCCCCCCCCCCCCCCNc1ccc(O)c2c1C(=O)c1c(O)ccc([N+](=O)[O-])c1C2=O. The molecule has 0 bridgehead atoms. The number of phenols is 2. The van der Waals surface area contributed by atoms with Gasteiger partial charge in [-0.1, -0.05) is 103 Å². The van der Waals surface area contributed by atoms with E-state index in [1.807, 2.05) is 0 Å². The summed E-state index contributed by atoms with van der Waals surface area (Å²) in [5.41, 5.74) is -1.45. The standard InChI is InChI=1S/C32H44N2O6/c1-2-3-4-5-6-7-8-9-10-11-12-13-14-15-16-17-22-33-23-18-20-25(35)29-27(23)31(37)30-26(36)21-19-24(34(39)40)28(30)32(29)38/h18-21,33,35-36H,2-17,22H2,1H3. The fourth-order valence-electron chi connectivity index (χ4n) is 5.54. The molecule has 40 heavy (non-hydrogen) atoms. The Bertz CT molecular complexity index is 1180. The second-order valence-electron chi connectivity index (χ2n) is 10.9. The highest BCUT2D eigenvalue weighted by molar-refractivity contribution is 6.33. The smallest absolute Gasteiger partial charge is 0.281 e. The monoisotopic (exact) mass is 552 g/mol. The van der Waals surface area contributed by atoms with Crippen LogP contribution in [0.1, 0.15) is 141 Å². The quantitative estimate of drug-likeness (QED) is 0.0588. The number of carbonyl (C=O) groups excluding carboxylic acids is 2. The Hall–Kier alpha value is -3.42. The summed E-state index contributed by atoms with van der Waals surface area (Å²) in [5.74, 6) is -2.51. The molecule has 218 valence electrons. The Balaban J connectivity index is 1.39. The number of aromatic hydroxyl groups is 2. The minimum Gasteiger partial charge on any atom is -0.507 e. The highest BCUT2D eigenvalue weighted by Gasteiger charge is 2.40. The number of benzene rings is 2. The van der Waals surface area contributed by atoms with E-state index < -0.39 is 44.8 Å². The minimum atomic E-state index is -0.851. The van der Waals surface area contributed by atoms with Gasteiger partial charge in [-0.2, -0.15) is 0 Å². The molecule has 0 fully saturated rings. The predicted octanol–water partition coefficient (Wildman–Crippen LogP) is 8.45. The molecule has 0 saturated carbocycles. The van der Waals surface area contributed by atoms with Gasteiger partial charge in [0, 0.05) is 18.3 Å². The maximum absolute atomic E-state index is 13.3. The zero-order valence-electron chi connectivity index (χ0n) is 23.8. The first kappa shape index (κ1) is 31.1. The number of hydrogen-bond donors (Lipinski definition) is 3. The van der Waals surface area contributed by atoms with Crippen molar-refractivity contribution in [3.05, 3.63) is 56.6 Å². The summed E-state index contributed by atoms with van der Waals surface area (Å²) in [6.45, 7) is 2.83. The minimum absolute atomic E-state index is 0.0650. The van der Waals surface area contributed by atoms with Gasteiger partial charge in [0.05, 0.1) is 21.6 Å². The average Bonchev–Trinajstić information content (AvgIpc) is 2.93. The van der Waals surface area contributed by atoms with E-state index in [1.165, 1.54) is 95.6 Å². The number of carbonyl (C=O) groups is 2. The van der Waals surface area contributed by atoms with Crippen LogP contribution in [0, 0.1) is 10.1 Å². The van der Waals surface area contributed by atoms with E-state index in [2.05, 4.69) is 12.2 Å². The lowest BCUT2D eigenvalue weighted by Crippen LogP contribution is -2.24. The number of nitro benzene ring substituents is 1. The number of anilines is 1. The van der Waals surface area contributed by atoms with Gasteiger partial charge in [-0.25, -0.2) is 0 Å². The van der Waals surface area contributed by atoms with E-state index in [-0.39, 0.29) is 11.1 Å². The Kier molecular flexibility index (Phi) is 12.4. The maximum atomic E-state index is 13.3. The molecule has 0 aliphatic heterocycles. The van der Waals surface area contributed by atoms with E-state index in [1.54, 1.807) is 0 Å². The third-order valence-electron chi connectivity index (χ3n) is 7.80. The van der Waals surface area contributed by atoms with E-state index in [0.29, 0.717) is 12.2 Å². The van der Waals surface area contributed by atoms with E-state index in [9.17, 15) is 29.9 Å². The van der Waals surface area contributed by atoms with Crippen LogP contribution >= 0.6 is 0 Å². The summed E-state index contributed by atoms with van der Waals surface area (Å²) in [5, 5.41) is 35.3. The van der Waals surface area contributed by atoms with Gasteiger partial charge < -0.3 is 15.5 Å². The van der Waals surface area contributed by atoms with Crippen molar-refractivity contribution in [2.24, 2.45) is 0 Å². The largest absolute Gasteiger partial charge is 0.507 e. The Morgan fingerprint density at radius 1 is 0.625 bits per heavy atom. The Labute approximate surface area is 237 Å². The van der Waals surface area contributed by atoms with Crippen LogP contribution in [0.3, 0.4) is 0 Å². The first-order valence-corrected chi connectivity index (χ1v) is 15.1. The van der Waals surface area contributed by atoms with Crippen molar-refractivity contribution >= 4 is 22.9 Å². The van der Waals surface area contributed by atoms with Crippen LogP contribution in [0.25, 0.3) is 0 Å². The normalized spacial score (nSPS) is 12.3. The predicted molar refractivity (Wildman–Crippen MR) is 158 cm³/mol. The summed E-state index contributed by atoms with van der Waals surface area (Å²) < 4.78 is 0. The van der Waals surface area contributed by atoms with Gasteiger partial charge in [-0.15, -0.1) is 0 Å². The summed E-state index contributed by atoms with van der Waals surface area (Å²) in [6, 6.07) is 4.85. The highest BCUT2D eigenvalue weighted by Crippen LogP contribution is 2.42. The molecule has 0 aromatic heterocycles. The number of fused-ring (bicyclic) bond motifs is 2. The summed E-state index contributed by atoms with van der Waals surface area (Å²) >= 11 is 0. The number of nitro groups is 1. The number of hydrogen-bond acceptors (Lipinski definition) is 7. The summed E-state index contributed by atoms with van der Waals surface area (Å²) in [7, 11) is 0. The Morgan fingerprint density at radius 2 is 1.05 bits per heavy atom. The molecule has 0 radical (unpaired) electrons. The molecule has 2 aromatic rings. The number of rotatable bonds is 19. The van der Waals surface area contributed by atoms with Crippen LogP contribution in [-0.4, -0.2) is 33.2 Å². The molecule has 1 aliphatic rings. The average molecular weight is 553 g/mol. The van der Waals surface area contributed by atoms with E-state index in [0.717, 1.165) is 31.4 Å². The van der Waals surface area contributed by atoms with Crippen LogP contribution < -0.4 is 5.32 Å². The molecule has 0 unspecified atom stereocenters. The number of nitrogens with one attached hydrogen (secondary N) is 1. The van der Waals surface area contributed by atoms with Gasteiger partial charge in [0.1, 0.15) is 17.1 Å². The molecule has 0 spiro atoms. The molecule has 1 aliphatic carbocycles. The van der Waals surface area contributed by atoms with Gasteiger partial charge in [0.25, 0.3) is 5.69 Å². The van der Waals surface area contributed by atoms with Crippen LogP contribution in [0.15, 0.2) is 24.3 Å². The highest BCUT2D eigenvalue weighted by atomic mass is 16.6. The molecule has 8 heteroatoms. The fourth-order valence-corrected chi connectivity index (χ4v) is 5.54. The van der Waals surface area contributed by atoms with Crippen molar-refractivity contribution in [2.45, 2.75) is 110 Å². The number of nitrogens with zero attached hydrogens (tertiary/aromatic N) is 1. The lowest BCUT2D eigenvalue weighted by Gasteiger charge is -2.22. The molecule has 3 N–H and O–H groups in total. The van der Waals surface area contributed by atoms with Crippen molar-refractivity contribution in [3.63, 3.8) is 0 Å². The van der Waals surface area contributed by atoms with E-state index in [4.69, 9.17) is 0 Å². The lowest BCUT2D eigenvalue weighted by molar-refractivity contribution is -0.385. The second-order valence-corrected chi connectivity index (χ2v) is 10.9. The first-order chi connectivity index (χ1) is 19.4. The second kappa shape index (κ2) is 16.0. The molecular weight excluding hydrogens is 508 g/mol. The van der Waals surface area contributed by atoms with Gasteiger partial charge in [-0.3, -0.25) is 19.7 Å². The van der Waals surface area contributed by atoms with Crippen LogP contribution in [0.2, 0.25) is 0 Å². The van der Waals surface area contributed by atoms with Crippen molar-refractivity contribution in [2.75, 3.05) is 11.9 Å². The third-order valence-corrected chi connectivity index (χ3v) is 7.80. The zero-order valence-corrected chi connectivity index (χ0v) is 23.8. The first-order valence-electron chi connectivity index (χ1n) is 15.1. The molecule has 0 heterocycles. The molecule has 0 atom stereocenters. The molecular formula is C32H44N2O6. The molecule has 3 rings (SSSR count). The fraction of sp³-hybridized carbons (Fsp3) is 0.562. The van der Waals surface area contributed by atoms with Gasteiger partial charge in [0.15, 0.2) is 0 Å². The number of ketones is 2. The van der Waals surface area contributed by atoms with Crippen molar-refractivity contribution in [1.82, 2.24) is 0 Å². The molecule has 0 amide bonds. The zero-order chi connectivity index (χ0) is 28.9. The Morgan fingerprint density at radius 3 is 1.55 bits per heavy atom. The molecule has 2 aromatic carbocycles. The third kappa shape index (κ3) is 8.05. The van der Waals surface area contributed by atoms with Gasteiger partial charge in [-0.05, 0) is 24.6 Å². The van der Waals surface area contributed by atoms with Crippen LogP contribution in [0.5, 0.6) is 11.5 Å². The topological polar surface area (TPSA) is 130 Å². The number of unbranched alkanes of at least 4 members (excludes halogenated alkanes) is 15. The maximum Gasteiger partial charge on any atom is 0.281 e. The van der Waals surface area contributed by atoms with Crippen molar-refractivity contribution < 1.29 is 24.7 Å². The molecule has 8 nitrogen and oxygen atoms in total. The van der Waals surface area contributed by atoms with Crippen molar-refractivity contribution in [1.29, 1.82) is 0 Å². The number of phenolic OH excluding ortho intramolecular Hbond substituents is 2. The summed E-state index contributed by atoms with van der Waals surface area (Å²) in [4.78, 5) is 37.2. The van der Waals surface area contributed by atoms with Crippen LogP contribution in [-0.2, 0) is 0 Å². The molecule has 0 saturated heterocycles. The summed E-state index contributed by atoms with van der Waals surface area (Å²) in [6.07, 6.45) is 20.4. The lowest BCUT2D eigenvalue weighted by atomic mass is 9.81. The van der Waals surface area contributed by atoms with E-state index >= 15 is 0 Å². The van der Waals surface area contributed by atoms with Gasteiger partial charge in [0.2, 0.25) is 11.6 Å².